The van der Waals surface area contributed by atoms with Gasteiger partial charge >= 0.3 is 18.0 Å². The van der Waals surface area contributed by atoms with Crippen LogP contribution in [-0.2, 0) is 0 Å². The van der Waals surface area contributed by atoms with Crippen LogP contribution < -0.4 is 14.2 Å². The summed E-state index contributed by atoms with van der Waals surface area (Å²) >= 11 is 0. The van der Waals surface area contributed by atoms with Crippen LogP contribution in [0.5, 0.6) is 35.7 Å². The number of nitrogens with zero attached hydrogens (tertiary/aromatic N) is 12. The number of hydrogen-bond donors (Lipinski definition) is 0. The van der Waals surface area contributed by atoms with E-state index in [4.69, 9.17) is 14.2 Å². The SMILES string of the molecule is c1cc(Oc2nc(Oc3ccnnn3)nc(Oc3ccnnn3)n2)nnn1. The Hall–Kier alpha value is -4.56. The van der Waals surface area contributed by atoms with E-state index in [1.54, 1.807) is 0 Å². The second-order valence-corrected chi connectivity index (χ2v) is 4.37. The molecule has 0 aliphatic heterocycles. The van der Waals surface area contributed by atoms with Crippen molar-refractivity contribution in [1.82, 2.24) is 61.2 Å². The van der Waals surface area contributed by atoms with Crippen LogP contribution in [0.1, 0.15) is 0 Å². The van der Waals surface area contributed by atoms with Crippen molar-refractivity contribution in [2.45, 2.75) is 0 Å². The quantitative estimate of drug-likeness (QED) is 0.437. The lowest BCUT2D eigenvalue weighted by molar-refractivity contribution is 0.342. The fourth-order valence-corrected chi connectivity index (χ4v) is 1.59. The molecule has 0 saturated carbocycles. The first-order chi connectivity index (χ1) is 13.3. The van der Waals surface area contributed by atoms with E-state index < -0.39 is 0 Å². The van der Waals surface area contributed by atoms with Gasteiger partial charge in [0.25, 0.3) is 0 Å². The van der Waals surface area contributed by atoms with Crippen molar-refractivity contribution in [2.24, 2.45) is 0 Å². The Kier molecular flexibility index (Phi) is 4.46. The summed E-state index contributed by atoms with van der Waals surface area (Å²) in [6, 6.07) is 3.83. The van der Waals surface area contributed by atoms with Crippen molar-refractivity contribution in [2.75, 3.05) is 0 Å². The second-order valence-electron chi connectivity index (χ2n) is 4.37. The molecule has 15 heteroatoms. The Morgan fingerprint density at radius 1 is 0.481 bits per heavy atom. The van der Waals surface area contributed by atoms with E-state index in [0.29, 0.717) is 0 Å². The molecule has 0 saturated heterocycles. The minimum absolute atomic E-state index is 0.0977. The molecule has 132 valence electrons. The molecule has 4 rings (SSSR count). The predicted molar refractivity (Wildman–Crippen MR) is 79.5 cm³/mol. The molecule has 0 aliphatic carbocycles. The Morgan fingerprint density at radius 3 is 1.07 bits per heavy atom. The summed E-state index contributed by atoms with van der Waals surface area (Å²) in [4.78, 5) is 12.0. The van der Waals surface area contributed by atoms with E-state index in [9.17, 15) is 0 Å². The molecular formula is C12H6N12O3. The molecule has 4 heterocycles. The van der Waals surface area contributed by atoms with Crippen LogP contribution in [-0.4, -0.2) is 61.2 Å². The van der Waals surface area contributed by atoms with Gasteiger partial charge in [-0.05, 0) is 15.6 Å². The Balaban J connectivity index is 1.64. The van der Waals surface area contributed by atoms with Crippen LogP contribution >= 0.6 is 0 Å². The molecule has 27 heavy (non-hydrogen) atoms. The molecule has 4 aromatic rings. The highest BCUT2D eigenvalue weighted by molar-refractivity contribution is 5.19. The minimum Gasteiger partial charge on any atom is -0.403 e. The first kappa shape index (κ1) is 15.9. The molecule has 4 aromatic heterocycles. The lowest BCUT2D eigenvalue weighted by Crippen LogP contribution is -2.03. The monoisotopic (exact) mass is 366 g/mol. The number of hydrogen-bond acceptors (Lipinski definition) is 15. The molecule has 0 fully saturated rings. The lowest BCUT2D eigenvalue weighted by Gasteiger charge is -2.07. The summed E-state index contributed by atoms with van der Waals surface area (Å²) in [6.07, 6.45) is 4.16. The molecule has 0 aromatic carbocycles. The predicted octanol–water partition coefficient (Wildman–Crippen LogP) is -0.197. The Morgan fingerprint density at radius 2 is 0.815 bits per heavy atom. The van der Waals surface area contributed by atoms with Gasteiger partial charge in [0.15, 0.2) is 0 Å². The zero-order chi connectivity index (χ0) is 18.3. The van der Waals surface area contributed by atoms with E-state index in [-0.39, 0.29) is 35.7 Å². The highest BCUT2D eigenvalue weighted by Crippen LogP contribution is 2.23. The maximum atomic E-state index is 5.40. The lowest BCUT2D eigenvalue weighted by atomic mass is 10.6. The first-order valence-electron chi connectivity index (χ1n) is 7.08. The zero-order valence-electron chi connectivity index (χ0n) is 13.1. The van der Waals surface area contributed by atoms with Crippen LogP contribution in [0.2, 0.25) is 0 Å². The van der Waals surface area contributed by atoms with Crippen LogP contribution in [0.4, 0.5) is 0 Å². The van der Waals surface area contributed by atoms with E-state index in [1.807, 2.05) is 0 Å². The van der Waals surface area contributed by atoms with Crippen molar-refractivity contribution in [1.29, 1.82) is 0 Å². The summed E-state index contributed by atoms with van der Waals surface area (Å²) in [5.74, 6) is 0.293. The van der Waals surface area contributed by atoms with Gasteiger partial charge in [-0.3, -0.25) is 0 Å². The number of ether oxygens (including phenoxy) is 3. The second kappa shape index (κ2) is 7.55. The summed E-state index contributed by atoms with van der Waals surface area (Å²) in [7, 11) is 0. The molecule has 0 bridgehead atoms. The van der Waals surface area contributed by atoms with Crippen molar-refractivity contribution < 1.29 is 14.2 Å². The zero-order valence-corrected chi connectivity index (χ0v) is 13.1. The average Bonchev–Trinajstić information content (AvgIpc) is 2.70. The largest absolute Gasteiger partial charge is 0.403 e. The normalized spacial score (nSPS) is 10.2. The molecule has 0 spiro atoms. The van der Waals surface area contributed by atoms with Gasteiger partial charge in [-0.15, -0.1) is 30.2 Å². The summed E-state index contributed by atoms with van der Waals surface area (Å²) in [5, 5.41) is 32.0. The van der Waals surface area contributed by atoms with Gasteiger partial charge in [-0.25, -0.2) is 0 Å². The number of rotatable bonds is 6. The van der Waals surface area contributed by atoms with Crippen molar-refractivity contribution in [3.05, 3.63) is 36.8 Å². The van der Waals surface area contributed by atoms with Crippen LogP contribution in [0, 0.1) is 0 Å². The molecule has 0 atom stereocenters. The topological polar surface area (TPSA) is 182 Å². The maximum Gasteiger partial charge on any atom is 0.332 e. The highest BCUT2D eigenvalue weighted by Gasteiger charge is 2.14. The van der Waals surface area contributed by atoms with Crippen LogP contribution in [0.25, 0.3) is 0 Å². The van der Waals surface area contributed by atoms with Gasteiger partial charge in [0.05, 0.1) is 18.6 Å². The van der Waals surface area contributed by atoms with Gasteiger partial charge in [-0.1, -0.05) is 15.3 Å². The Bertz CT molecular complexity index is 863. The average molecular weight is 366 g/mol. The summed E-state index contributed by atoms with van der Waals surface area (Å²) in [5.41, 5.74) is 0. The fourth-order valence-electron chi connectivity index (χ4n) is 1.59. The molecule has 0 amide bonds. The highest BCUT2D eigenvalue weighted by atomic mass is 16.5. The van der Waals surface area contributed by atoms with Gasteiger partial charge in [-0.2, -0.15) is 0 Å². The summed E-state index contributed by atoms with van der Waals surface area (Å²) in [6.45, 7) is 0. The molecule has 0 N–H and O–H groups in total. The van der Waals surface area contributed by atoms with Crippen LogP contribution in [0.15, 0.2) is 36.8 Å². The third kappa shape index (κ3) is 4.29. The standard InChI is InChI=1S/C12H6N12O3/c1-4-13-22-19-7(1)25-10-16-11(26-8-2-5-14-23-20-8)18-12(17-10)27-9-3-6-15-24-21-9/h1-6H. The fraction of sp³-hybridized carbons (Fsp3) is 0. The summed E-state index contributed by atoms with van der Waals surface area (Å²) < 4.78 is 16.2. The van der Waals surface area contributed by atoms with E-state index in [2.05, 4.69) is 61.2 Å². The third-order valence-corrected chi connectivity index (χ3v) is 2.60. The Labute approximate surface area is 148 Å². The van der Waals surface area contributed by atoms with Crippen molar-refractivity contribution in [3.8, 4) is 35.7 Å². The molecule has 0 aliphatic rings. The van der Waals surface area contributed by atoms with Crippen molar-refractivity contribution in [3.63, 3.8) is 0 Å². The first-order valence-corrected chi connectivity index (χ1v) is 7.08. The molecule has 15 nitrogen and oxygen atoms in total. The maximum absolute atomic E-state index is 5.40. The van der Waals surface area contributed by atoms with E-state index >= 15 is 0 Å². The molecule has 0 unspecified atom stereocenters. The third-order valence-electron chi connectivity index (χ3n) is 2.60. The van der Waals surface area contributed by atoms with Gasteiger partial charge in [0.2, 0.25) is 17.6 Å². The van der Waals surface area contributed by atoms with E-state index in [1.165, 1.54) is 36.8 Å². The van der Waals surface area contributed by atoms with Gasteiger partial charge < -0.3 is 14.2 Å². The minimum atomic E-state index is -0.181. The van der Waals surface area contributed by atoms with E-state index in [0.717, 1.165) is 0 Å². The van der Waals surface area contributed by atoms with Crippen molar-refractivity contribution >= 4 is 0 Å². The van der Waals surface area contributed by atoms with Crippen LogP contribution in [0.3, 0.4) is 0 Å². The number of aromatic nitrogens is 12. The molecule has 0 radical (unpaired) electrons. The van der Waals surface area contributed by atoms with Gasteiger partial charge in [0, 0.05) is 18.2 Å². The van der Waals surface area contributed by atoms with Gasteiger partial charge in [0.1, 0.15) is 0 Å². The smallest absolute Gasteiger partial charge is 0.332 e. The molecular weight excluding hydrogens is 360 g/mol.